The van der Waals surface area contributed by atoms with Crippen molar-refractivity contribution >= 4 is 11.6 Å². The summed E-state index contributed by atoms with van der Waals surface area (Å²) in [5.41, 5.74) is 0.993. The third-order valence-electron chi connectivity index (χ3n) is 2.94. The molecule has 1 saturated heterocycles. The fourth-order valence-corrected chi connectivity index (χ4v) is 2.14. The molecule has 0 spiro atoms. The molecule has 1 fully saturated rings. The number of carbonyl (C=O) groups is 1. The van der Waals surface area contributed by atoms with Gasteiger partial charge in [-0.05, 0) is 32.5 Å². The van der Waals surface area contributed by atoms with Gasteiger partial charge in [0.15, 0.2) is 0 Å². The summed E-state index contributed by atoms with van der Waals surface area (Å²) in [7, 11) is 1.84. The molecule has 1 amide bonds. The maximum atomic E-state index is 12.0. The van der Waals surface area contributed by atoms with Crippen molar-refractivity contribution in [3.63, 3.8) is 0 Å². The number of nitrogens with zero attached hydrogens (tertiary/aromatic N) is 1. The van der Waals surface area contributed by atoms with Gasteiger partial charge in [0.2, 0.25) is 5.91 Å². The number of para-hydroxylation sites is 1. The Morgan fingerprint density at radius 1 is 1.33 bits per heavy atom. The molecule has 1 heterocycles. The second-order valence-corrected chi connectivity index (χ2v) is 3.97. The summed E-state index contributed by atoms with van der Waals surface area (Å²) in [5, 5.41) is 3.05. The molecule has 3 nitrogen and oxygen atoms in total. The number of hydrogen-bond donors (Lipinski definition) is 1. The summed E-state index contributed by atoms with van der Waals surface area (Å²) < 4.78 is 0. The van der Waals surface area contributed by atoms with E-state index < -0.39 is 0 Å². The van der Waals surface area contributed by atoms with Crippen LogP contribution in [-0.4, -0.2) is 25.0 Å². The third-order valence-corrected chi connectivity index (χ3v) is 2.94. The van der Waals surface area contributed by atoms with E-state index in [0.717, 1.165) is 12.1 Å². The number of anilines is 1. The van der Waals surface area contributed by atoms with E-state index in [1.54, 1.807) is 0 Å². The van der Waals surface area contributed by atoms with Crippen molar-refractivity contribution in [2.45, 2.75) is 25.4 Å². The van der Waals surface area contributed by atoms with Gasteiger partial charge in [0.05, 0.1) is 6.04 Å². The molecule has 0 bridgehead atoms. The molecule has 0 aliphatic carbocycles. The van der Waals surface area contributed by atoms with Crippen molar-refractivity contribution in [1.29, 1.82) is 0 Å². The standard InChI is InChI=1S/C12H16N2O/c1-9-8-11(13-2)12(15)14(9)10-6-4-3-5-7-10/h3-7,9,11,13H,8H2,1-2H3/t9-,11+/m1/s1. The molecule has 3 heteroatoms. The second-order valence-electron chi connectivity index (χ2n) is 3.97. The fraction of sp³-hybridized carbons (Fsp3) is 0.417. The van der Waals surface area contributed by atoms with E-state index in [2.05, 4.69) is 12.2 Å². The average Bonchev–Trinajstić information content (AvgIpc) is 2.55. The van der Waals surface area contributed by atoms with Gasteiger partial charge in [-0.2, -0.15) is 0 Å². The first kappa shape index (κ1) is 10.2. The summed E-state index contributed by atoms with van der Waals surface area (Å²) in [6, 6.07) is 10.1. The van der Waals surface area contributed by atoms with Crippen molar-refractivity contribution in [3.05, 3.63) is 30.3 Å². The first-order chi connectivity index (χ1) is 7.24. The molecule has 1 aliphatic heterocycles. The number of likely N-dealkylation sites (N-methyl/N-ethyl adjacent to an activating group) is 1. The number of benzene rings is 1. The highest BCUT2D eigenvalue weighted by atomic mass is 16.2. The molecule has 0 saturated carbocycles. The maximum absolute atomic E-state index is 12.0. The molecular weight excluding hydrogens is 188 g/mol. The van der Waals surface area contributed by atoms with E-state index in [0.29, 0.717) is 0 Å². The smallest absolute Gasteiger partial charge is 0.244 e. The monoisotopic (exact) mass is 204 g/mol. The van der Waals surface area contributed by atoms with Gasteiger partial charge >= 0.3 is 0 Å². The molecule has 15 heavy (non-hydrogen) atoms. The Morgan fingerprint density at radius 3 is 2.53 bits per heavy atom. The number of carbonyl (C=O) groups excluding carboxylic acids is 1. The lowest BCUT2D eigenvalue weighted by Crippen LogP contribution is -2.37. The van der Waals surface area contributed by atoms with Crippen LogP contribution in [0.4, 0.5) is 5.69 Å². The van der Waals surface area contributed by atoms with Crippen LogP contribution in [0.2, 0.25) is 0 Å². The molecule has 1 N–H and O–H groups in total. The van der Waals surface area contributed by atoms with Gasteiger partial charge in [-0.3, -0.25) is 4.79 Å². The van der Waals surface area contributed by atoms with Crippen LogP contribution in [-0.2, 0) is 4.79 Å². The van der Waals surface area contributed by atoms with Crippen LogP contribution in [0.25, 0.3) is 0 Å². The molecule has 1 aromatic carbocycles. The zero-order valence-corrected chi connectivity index (χ0v) is 9.10. The highest BCUT2D eigenvalue weighted by Gasteiger charge is 2.36. The van der Waals surface area contributed by atoms with Crippen molar-refractivity contribution < 1.29 is 4.79 Å². The van der Waals surface area contributed by atoms with Crippen molar-refractivity contribution in [2.24, 2.45) is 0 Å². The fourth-order valence-electron chi connectivity index (χ4n) is 2.14. The molecule has 1 aliphatic rings. The minimum atomic E-state index is -0.0276. The first-order valence-electron chi connectivity index (χ1n) is 5.29. The van der Waals surface area contributed by atoms with Crippen molar-refractivity contribution in [2.75, 3.05) is 11.9 Å². The van der Waals surface area contributed by atoms with Crippen LogP contribution in [0.15, 0.2) is 30.3 Å². The van der Waals surface area contributed by atoms with Gasteiger partial charge in [0.1, 0.15) is 0 Å². The van der Waals surface area contributed by atoms with Crippen molar-refractivity contribution in [1.82, 2.24) is 5.32 Å². The predicted molar refractivity (Wildman–Crippen MR) is 60.9 cm³/mol. The number of rotatable bonds is 2. The highest BCUT2D eigenvalue weighted by Crippen LogP contribution is 2.25. The zero-order valence-electron chi connectivity index (χ0n) is 9.10. The van der Waals surface area contributed by atoms with E-state index in [9.17, 15) is 4.79 Å². The Kier molecular flexibility index (Phi) is 2.73. The Morgan fingerprint density at radius 2 is 2.00 bits per heavy atom. The maximum Gasteiger partial charge on any atom is 0.244 e. The largest absolute Gasteiger partial charge is 0.309 e. The molecule has 2 atom stereocenters. The molecule has 2 rings (SSSR count). The Labute approximate surface area is 90.1 Å². The lowest BCUT2D eigenvalue weighted by molar-refractivity contribution is -0.118. The van der Waals surface area contributed by atoms with Gasteiger partial charge in [0.25, 0.3) is 0 Å². The summed E-state index contributed by atoms with van der Waals surface area (Å²) >= 11 is 0. The van der Waals surface area contributed by atoms with E-state index in [1.807, 2.05) is 42.3 Å². The van der Waals surface area contributed by atoms with Gasteiger partial charge in [-0.25, -0.2) is 0 Å². The predicted octanol–water partition coefficient (Wildman–Crippen LogP) is 1.40. The second kappa shape index (κ2) is 4.03. The zero-order chi connectivity index (χ0) is 10.8. The van der Waals surface area contributed by atoms with E-state index in [-0.39, 0.29) is 18.0 Å². The number of hydrogen-bond acceptors (Lipinski definition) is 2. The van der Waals surface area contributed by atoms with Crippen molar-refractivity contribution in [3.8, 4) is 0 Å². The molecule has 80 valence electrons. The Balaban J connectivity index is 2.27. The van der Waals surface area contributed by atoms with Crippen LogP contribution >= 0.6 is 0 Å². The summed E-state index contributed by atoms with van der Waals surface area (Å²) in [4.78, 5) is 13.9. The molecule has 1 aromatic rings. The first-order valence-corrected chi connectivity index (χ1v) is 5.29. The van der Waals surface area contributed by atoms with E-state index >= 15 is 0 Å². The minimum Gasteiger partial charge on any atom is -0.309 e. The Bertz CT molecular complexity index is 350. The van der Waals surface area contributed by atoms with Gasteiger partial charge in [0, 0.05) is 11.7 Å². The summed E-state index contributed by atoms with van der Waals surface area (Å²) in [6.07, 6.45) is 0.879. The quantitative estimate of drug-likeness (QED) is 0.789. The van der Waals surface area contributed by atoms with Crippen LogP contribution < -0.4 is 10.2 Å². The number of amides is 1. The van der Waals surface area contributed by atoms with Crippen LogP contribution in [0.5, 0.6) is 0 Å². The highest BCUT2D eigenvalue weighted by molar-refractivity contribution is 6.00. The lowest BCUT2D eigenvalue weighted by Gasteiger charge is -2.21. The molecule has 0 unspecified atom stereocenters. The molecule has 0 aromatic heterocycles. The third kappa shape index (κ3) is 1.75. The lowest BCUT2D eigenvalue weighted by atomic mass is 10.2. The number of nitrogens with one attached hydrogen (secondary N) is 1. The van der Waals surface area contributed by atoms with Crippen LogP contribution in [0.1, 0.15) is 13.3 Å². The Hall–Kier alpha value is -1.35. The minimum absolute atomic E-state index is 0.0276. The van der Waals surface area contributed by atoms with E-state index in [4.69, 9.17) is 0 Å². The normalized spacial score (nSPS) is 26.0. The van der Waals surface area contributed by atoms with Gasteiger partial charge in [-0.15, -0.1) is 0 Å². The summed E-state index contributed by atoms with van der Waals surface area (Å²) in [5.74, 6) is 0.177. The molecular formula is C12H16N2O. The van der Waals surface area contributed by atoms with E-state index in [1.165, 1.54) is 0 Å². The summed E-state index contributed by atoms with van der Waals surface area (Å²) in [6.45, 7) is 2.09. The van der Waals surface area contributed by atoms with Crippen LogP contribution in [0, 0.1) is 0 Å². The topological polar surface area (TPSA) is 32.3 Å². The average molecular weight is 204 g/mol. The van der Waals surface area contributed by atoms with Gasteiger partial charge in [-0.1, -0.05) is 18.2 Å². The van der Waals surface area contributed by atoms with Gasteiger partial charge < -0.3 is 10.2 Å². The molecule has 0 radical (unpaired) electrons. The SMILES string of the molecule is CN[C@H]1C[C@@H](C)N(c2ccccc2)C1=O. The van der Waals surface area contributed by atoms with Crippen LogP contribution in [0.3, 0.4) is 0 Å².